The van der Waals surface area contributed by atoms with Gasteiger partial charge in [0.05, 0.1) is 35.2 Å². The summed E-state index contributed by atoms with van der Waals surface area (Å²) >= 11 is 5.85. The van der Waals surface area contributed by atoms with Crippen LogP contribution in [0.1, 0.15) is 28.5 Å². The molecule has 0 radical (unpaired) electrons. The van der Waals surface area contributed by atoms with Crippen molar-refractivity contribution < 1.29 is 27.1 Å². The van der Waals surface area contributed by atoms with Crippen LogP contribution in [0.25, 0.3) is 10.9 Å². The number of hydrogen-bond donors (Lipinski definition) is 0. The molecule has 0 bridgehead atoms. The maximum atomic E-state index is 13.6. The lowest BCUT2D eigenvalue weighted by Crippen LogP contribution is -2.46. The number of hydrogen-bond acceptors (Lipinski definition) is 5. The summed E-state index contributed by atoms with van der Waals surface area (Å²) in [4.78, 5) is 25.7. The van der Waals surface area contributed by atoms with Crippen LogP contribution in [0.4, 0.5) is 10.1 Å². The highest BCUT2D eigenvalue weighted by Crippen LogP contribution is 2.29. The standard InChI is InChI=1S/C21H20ClFN2O5S/c1-4-18(25(31(3,28)29)13-9-10-17(23)16(22)11-13)20(26)24-12-15(21(27)30-2)14-7-5-6-8-19(14)24/h5-12,18H,4H2,1-3H3/t18-/m1/s1. The van der Waals surface area contributed by atoms with E-state index in [1.807, 2.05) is 0 Å². The van der Waals surface area contributed by atoms with Crippen molar-refractivity contribution in [3.63, 3.8) is 0 Å². The Bertz CT molecular complexity index is 1270. The predicted molar refractivity (Wildman–Crippen MR) is 117 cm³/mol. The molecule has 0 amide bonds. The SMILES string of the molecule is CC[C@H](C(=O)n1cc(C(=O)OC)c2ccccc21)N(c1ccc(F)c(Cl)c1)S(C)(=O)=O. The Labute approximate surface area is 184 Å². The molecule has 1 atom stereocenters. The van der Waals surface area contributed by atoms with Crippen LogP contribution < -0.4 is 4.31 Å². The van der Waals surface area contributed by atoms with E-state index in [0.29, 0.717) is 10.9 Å². The largest absolute Gasteiger partial charge is 0.465 e. The van der Waals surface area contributed by atoms with E-state index in [1.54, 1.807) is 31.2 Å². The van der Waals surface area contributed by atoms with Crippen molar-refractivity contribution in [3.8, 4) is 0 Å². The zero-order valence-corrected chi connectivity index (χ0v) is 18.6. The van der Waals surface area contributed by atoms with Gasteiger partial charge in [-0.15, -0.1) is 0 Å². The fourth-order valence-corrected chi connectivity index (χ4v) is 4.83. The number of carbonyl (C=O) groups excluding carboxylic acids is 2. The number of nitrogens with zero attached hydrogens (tertiary/aromatic N) is 2. The molecule has 31 heavy (non-hydrogen) atoms. The van der Waals surface area contributed by atoms with Gasteiger partial charge in [0.2, 0.25) is 10.0 Å². The molecule has 1 heterocycles. The third kappa shape index (κ3) is 4.28. The summed E-state index contributed by atoms with van der Waals surface area (Å²) in [7, 11) is -2.72. The van der Waals surface area contributed by atoms with E-state index < -0.39 is 33.8 Å². The van der Waals surface area contributed by atoms with Crippen LogP contribution in [-0.2, 0) is 14.8 Å². The maximum Gasteiger partial charge on any atom is 0.340 e. The molecule has 0 fully saturated rings. The second-order valence-electron chi connectivity index (χ2n) is 6.84. The fraction of sp³-hybridized carbons (Fsp3) is 0.238. The number of carbonyl (C=O) groups is 2. The molecule has 2 aromatic carbocycles. The third-order valence-electron chi connectivity index (χ3n) is 4.82. The number of aromatic nitrogens is 1. The molecule has 7 nitrogen and oxygen atoms in total. The average molecular weight is 467 g/mol. The monoisotopic (exact) mass is 466 g/mol. The number of para-hydroxylation sites is 1. The van der Waals surface area contributed by atoms with Crippen molar-refractivity contribution in [2.75, 3.05) is 17.7 Å². The molecule has 164 valence electrons. The van der Waals surface area contributed by atoms with Gasteiger partial charge in [-0.05, 0) is 30.7 Å². The van der Waals surface area contributed by atoms with Gasteiger partial charge in [-0.3, -0.25) is 13.7 Å². The highest BCUT2D eigenvalue weighted by atomic mass is 35.5. The molecule has 3 rings (SSSR count). The molecule has 0 spiro atoms. The zero-order valence-electron chi connectivity index (χ0n) is 17.0. The van der Waals surface area contributed by atoms with Crippen molar-refractivity contribution in [1.82, 2.24) is 4.57 Å². The number of benzene rings is 2. The van der Waals surface area contributed by atoms with E-state index in [0.717, 1.165) is 22.7 Å². The van der Waals surface area contributed by atoms with Gasteiger partial charge in [-0.25, -0.2) is 17.6 Å². The van der Waals surface area contributed by atoms with Crippen molar-refractivity contribution >= 4 is 50.1 Å². The topological polar surface area (TPSA) is 85.7 Å². The number of fused-ring (bicyclic) bond motifs is 1. The number of rotatable bonds is 6. The molecular weight excluding hydrogens is 447 g/mol. The first-order valence-electron chi connectivity index (χ1n) is 9.27. The van der Waals surface area contributed by atoms with Crippen LogP contribution in [0.5, 0.6) is 0 Å². The lowest BCUT2D eigenvalue weighted by Gasteiger charge is -2.30. The summed E-state index contributed by atoms with van der Waals surface area (Å²) in [6, 6.07) is 8.98. The van der Waals surface area contributed by atoms with Crippen molar-refractivity contribution in [2.24, 2.45) is 0 Å². The second kappa shape index (κ2) is 8.68. The van der Waals surface area contributed by atoms with Crippen molar-refractivity contribution in [2.45, 2.75) is 19.4 Å². The molecule has 0 aliphatic heterocycles. The lowest BCUT2D eigenvalue weighted by atomic mass is 10.1. The average Bonchev–Trinajstić information content (AvgIpc) is 3.12. The van der Waals surface area contributed by atoms with Crippen LogP contribution in [0.2, 0.25) is 5.02 Å². The Morgan fingerprint density at radius 3 is 2.48 bits per heavy atom. The van der Waals surface area contributed by atoms with Crippen LogP contribution in [-0.4, -0.2) is 44.3 Å². The Kier molecular flexibility index (Phi) is 6.38. The fourth-order valence-electron chi connectivity index (χ4n) is 3.46. The summed E-state index contributed by atoms with van der Waals surface area (Å²) in [5.74, 6) is -1.92. The molecule has 0 saturated carbocycles. The van der Waals surface area contributed by atoms with Gasteiger partial charge in [0.25, 0.3) is 5.91 Å². The molecule has 0 N–H and O–H groups in total. The van der Waals surface area contributed by atoms with Crippen LogP contribution >= 0.6 is 11.6 Å². The van der Waals surface area contributed by atoms with Crippen molar-refractivity contribution in [3.05, 3.63) is 65.1 Å². The van der Waals surface area contributed by atoms with Crippen LogP contribution in [0.3, 0.4) is 0 Å². The number of ether oxygens (including phenoxy) is 1. The number of anilines is 1. The molecular formula is C21H20ClFN2O5S. The summed E-state index contributed by atoms with van der Waals surface area (Å²) < 4.78 is 45.9. The summed E-state index contributed by atoms with van der Waals surface area (Å²) in [6.07, 6.45) is 2.40. The molecule has 0 aliphatic rings. The second-order valence-corrected chi connectivity index (χ2v) is 9.11. The summed E-state index contributed by atoms with van der Waals surface area (Å²) in [5.41, 5.74) is 0.660. The molecule has 0 aliphatic carbocycles. The first kappa shape index (κ1) is 22.8. The maximum absolute atomic E-state index is 13.6. The number of sulfonamides is 1. The highest BCUT2D eigenvalue weighted by Gasteiger charge is 2.34. The summed E-state index contributed by atoms with van der Waals surface area (Å²) in [6.45, 7) is 1.65. The van der Waals surface area contributed by atoms with Crippen molar-refractivity contribution in [1.29, 1.82) is 0 Å². The quantitative estimate of drug-likeness (QED) is 0.510. The highest BCUT2D eigenvalue weighted by molar-refractivity contribution is 7.92. The molecule has 0 saturated heterocycles. The van der Waals surface area contributed by atoms with Crippen LogP contribution in [0, 0.1) is 5.82 Å². The molecule has 0 unspecified atom stereocenters. The number of esters is 1. The Morgan fingerprint density at radius 1 is 1.23 bits per heavy atom. The lowest BCUT2D eigenvalue weighted by molar-refractivity contribution is 0.0603. The normalized spacial score (nSPS) is 12.5. The van der Waals surface area contributed by atoms with E-state index in [-0.39, 0.29) is 22.7 Å². The van der Waals surface area contributed by atoms with E-state index in [2.05, 4.69) is 0 Å². The Hall–Kier alpha value is -2.91. The van der Waals surface area contributed by atoms with E-state index in [9.17, 15) is 22.4 Å². The Balaban J connectivity index is 2.18. The predicted octanol–water partition coefficient (Wildman–Crippen LogP) is 4.11. The van der Waals surface area contributed by atoms with Gasteiger partial charge in [0, 0.05) is 11.6 Å². The van der Waals surface area contributed by atoms with Gasteiger partial charge in [0.15, 0.2) is 0 Å². The minimum Gasteiger partial charge on any atom is -0.465 e. The van der Waals surface area contributed by atoms with Gasteiger partial charge < -0.3 is 4.74 Å². The minimum absolute atomic E-state index is 0.0544. The third-order valence-corrected chi connectivity index (χ3v) is 6.29. The van der Waals surface area contributed by atoms with E-state index >= 15 is 0 Å². The minimum atomic E-state index is -3.95. The summed E-state index contributed by atoms with van der Waals surface area (Å²) in [5, 5.41) is 0.223. The van der Waals surface area contributed by atoms with E-state index in [1.165, 1.54) is 23.9 Å². The number of halogens is 2. The first-order chi connectivity index (χ1) is 14.6. The van der Waals surface area contributed by atoms with Gasteiger partial charge in [-0.1, -0.05) is 36.7 Å². The van der Waals surface area contributed by atoms with Gasteiger partial charge in [0.1, 0.15) is 11.9 Å². The van der Waals surface area contributed by atoms with Gasteiger partial charge in [-0.2, -0.15) is 0 Å². The molecule has 3 aromatic rings. The number of methoxy groups -OCH3 is 1. The van der Waals surface area contributed by atoms with Gasteiger partial charge >= 0.3 is 5.97 Å². The zero-order chi connectivity index (χ0) is 22.9. The Morgan fingerprint density at radius 2 is 1.90 bits per heavy atom. The smallest absolute Gasteiger partial charge is 0.340 e. The first-order valence-corrected chi connectivity index (χ1v) is 11.5. The molecule has 10 heteroatoms. The van der Waals surface area contributed by atoms with E-state index in [4.69, 9.17) is 16.3 Å². The van der Waals surface area contributed by atoms with Crippen LogP contribution in [0.15, 0.2) is 48.7 Å². The molecule has 1 aromatic heterocycles.